The summed E-state index contributed by atoms with van der Waals surface area (Å²) in [6.07, 6.45) is 5.04. The van der Waals surface area contributed by atoms with Crippen molar-refractivity contribution in [2.75, 3.05) is 20.1 Å². The molecule has 2 aliphatic rings. The molecule has 1 aromatic carbocycles. The molecule has 152 valence electrons. The van der Waals surface area contributed by atoms with Crippen molar-refractivity contribution in [3.63, 3.8) is 0 Å². The number of aromatic nitrogens is 3. The molecule has 9 heteroatoms. The van der Waals surface area contributed by atoms with Gasteiger partial charge in [-0.3, -0.25) is 19.5 Å². The van der Waals surface area contributed by atoms with Gasteiger partial charge in [-0.05, 0) is 31.4 Å². The molecule has 1 unspecified atom stereocenters. The molecule has 0 radical (unpaired) electrons. The van der Waals surface area contributed by atoms with Crippen LogP contribution in [0, 0.1) is 0 Å². The van der Waals surface area contributed by atoms with Crippen LogP contribution in [0.5, 0.6) is 0 Å². The Labute approximate surface area is 169 Å². The van der Waals surface area contributed by atoms with Crippen LogP contribution in [0.1, 0.15) is 45.8 Å². The first-order valence-electron chi connectivity index (χ1n) is 9.96. The number of benzene rings is 1. The predicted molar refractivity (Wildman–Crippen MR) is 108 cm³/mol. The number of guanidine groups is 1. The van der Waals surface area contributed by atoms with Crippen LogP contribution in [0.3, 0.4) is 0 Å². The molecule has 1 aromatic heterocycles. The first-order valence-corrected chi connectivity index (χ1v) is 9.96. The maximum absolute atomic E-state index is 12.4. The van der Waals surface area contributed by atoms with Gasteiger partial charge in [0.05, 0.1) is 17.7 Å². The summed E-state index contributed by atoms with van der Waals surface area (Å²) in [5.74, 6) is 1.39. The van der Waals surface area contributed by atoms with Gasteiger partial charge in [-0.15, -0.1) is 0 Å². The molecule has 2 aliphatic heterocycles. The number of hydrogen-bond acceptors (Lipinski definition) is 5. The lowest BCUT2D eigenvalue weighted by molar-refractivity contribution is 0.0652. The quantitative estimate of drug-likeness (QED) is 0.325. The number of hydrogen-bond donors (Lipinski definition) is 2. The maximum Gasteiger partial charge on any atom is 0.261 e. The molecular weight excluding hydrogens is 370 g/mol. The summed E-state index contributed by atoms with van der Waals surface area (Å²) in [5.41, 5.74) is 1.01. The molecule has 0 bridgehead atoms. The lowest BCUT2D eigenvalue weighted by atomic mass is 10.1. The second-order valence-corrected chi connectivity index (χ2v) is 7.25. The third-order valence-electron chi connectivity index (χ3n) is 5.35. The summed E-state index contributed by atoms with van der Waals surface area (Å²) in [7, 11) is 1.75. The minimum atomic E-state index is -0.194. The summed E-state index contributed by atoms with van der Waals surface area (Å²) < 4.78 is 1.93. The normalized spacial score (nSPS) is 18.6. The van der Waals surface area contributed by atoms with Gasteiger partial charge >= 0.3 is 0 Å². The Bertz CT molecular complexity index is 901. The van der Waals surface area contributed by atoms with E-state index in [1.165, 1.54) is 4.90 Å². The van der Waals surface area contributed by atoms with Crippen molar-refractivity contribution in [1.29, 1.82) is 0 Å². The Morgan fingerprint density at radius 3 is 2.69 bits per heavy atom. The Hall–Kier alpha value is -3.23. The van der Waals surface area contributed by atoms with E-state index in [-0.39, 0.29) is 17.9 Å². The number of imide groups is 1. The van der Waals surface area contributed by atoms with Gasteiger partial charge in [0.1, 0.15) is 12.2 Å². The van der Waals surface area contributed by atoms with E-state index in [0.717, 1.165) is 44.0 Å². The second kappa shape index (κ2) is 8.42. The zero-order valence-corrected chi connectivity index (χ0v) is 16.5. The van der Waals surface area contributed by atoms with Crippen molar-refractivity contribution >= 4 is 17.8 Å². The van der Waals surface area contributed by atoms with E-state index in [9.17, 15) is 9.59 Å². The SMILES string of the molecule is CN=C(NCCCCN1C(=O)c2ccccc2C1=O)NC1CCc2ncnn2C1. The van der Waals surface area contributed by atoms with Crippen LogP contribution in [0.4, 0.5) is 0 Å². The van der Waals surface area contributed by atoms with Crippen LogP contribution in [0.25, 0.3) is 0 Å². The van der Waals surface area contributed by atoms with Crippen LogP contribution in [-0.4, -0.2) is 63.6 Å². The monoisotopic (exact) mass is 395 g/mol. The van der Waals surface area contributed by atoms with E-state index in [0.29, 0.717) is 24.2 Å². The molecule has 1 atom stereocenters. The first-order chi connectivity index (χ1) is 14.2. The number of aliphatic imine (C=N–C) groups is 1. The van der Waals surface area contributed by atoms with Crippen LogP contribution in [-0.2, 0) is 13.0 Å². The molecule has 2 aromatic rings. The minimum Gasteiger partial charge on any atom is -0.356 e. The molecule has 29 heavy (non-hydrogen) atoms. The smallest absolute Gasteiger partial charge is 0.261 e. The minimum absolute atomic E-state index is 0.194. The van der Waals surface area contributed by atoms with E-state index in [2.05, 4.69) is 25.7 Å². The molecule has 0 saturated carbocycles. The number of rotatable bonds is 6. The van der Waals surface area contributed by atoms with Crippen molar-refractivity contribution in [1.82, 2.24) is 30.3 Å². The standard InChI is InChI=1S/C20H25N7O2/c1-21-20(25-14-8-9-17-23-13-24-27(17)12-14)22-10-4-5-11-26-18(28)15-6-2-3-7-16(15)19(26)29/h2-3,6-7,13-14H,4-5,8-12H2,1H3,(H2,21,22,25). The van der Waals surface area contributed by atoms with E-state index < -0.39 is 0 Å². The molecular formula is C20H25N7O2. The third kappa shape index (κ3) is 3.98. The largest absolute Gasteiger partial charge is 0.356 e. The number of amides is 2. The van der Waals surface area contributed by atoms with Crippen molar-refractivity contribution in [2.24, 2.45) is 4.99 Å². The fraction of sp³-hybridized carbons (Fsp3) is 0.450. The van der Waals surface area contributed by atoms with Crippen molar-refractivity contribution < 1.29 is 9.59 Å². The van der Waals surface area contributed by atoms with E-state index in [1.54, 1.807) is 37.6 Å². The highest BCUT2D eigenvalue weighted by molar-refractivity contribution is 6.21. The Kier molecular flexibility index (Phi) is 5.55. The number of carbonyl (C=O) groups is 2. The van der Waals surface area contributed by atoms with E-state index in [4.69, 9.17) is 0 Å². The number of nitrogens with zero attached hydrogens (tertiary/aromatic N) is 5. The number of nitrogens with one attached hydrogen (secondary N) is 2. The lowest BCUT2D eigenvalue weighted by Crippen LogP contribution is -2.47. The van der Waals surface area contributed by atoms with Crippen molar-refractivity contribution in [3.05, 3.63) is 47.5 Å². The summed E-state index contributed by atoms with van der Waals surface area (Å²) in [6, 6.07) is 7.24. The number of carbonyl (C=O) groups excluding carboxylic acids is 2. The molecule has 2 amide bonds. The number of unbranched alkanes of at least 4 members (excludes halogenated alkanes) is 1. The fourth-order valence-electron chi connectivity index (χ4n) is 3.79. The molecule has 0 fully saturated rings. The maximum atomic E-state index is 12.4. The van der Waals surface area contributed by atoms with Gasteiger partial charge in [0.2, 0.25) is 0 Å². The Balaban J connectivity index is 1.19. The van der Waals surface area contributed by atoms with E-state index >= 15 is 0 Å². The lowest BCUT2D eigenvalue weighted by Gasteiger charge is -2.25. The molecule has 3 heterocycles. The third-order valence-corrected chi connectivity index (χ3v) is 5.35. The summed E-state index contributed by atoms with van der Waals surface area (Å²) in [4.78, 5) is 34.6. The van der Waals surface area contributed by atoms with Crippen molar-refractivity contribution in [3.8, 4) is 0 Å². The highest BCUT2D eigenvalue weighted by Gasteiger charge is 2.34. The molecule has 9 nitrogen and oxygen atoms in total. The average Bonchev–Trinajstić information content (AvgIpc) is 3.30. The van der Waals surface area contributed by atoms with Crippen LogP contribution in [0.15, 0.2) is 35.6 Å². The zero-order chi connectivity index (χ0) is 20.2. The summed E-state index contributed by atoms with van der Waals surface area (Å²) in [6.45, 7) is 1.91. The highest BCUT2D eigenvalue weighted by Crippen LogP contribution is 2.22. The van der Waals surface area contributed by atoms with Crippen LogP contribution >= 0.6 is 0 Å². The van der Waals surface area contributed by atoms with Gasteiger partial charge in [0, 0.05) is 32.6 Å². The van der Waals surface area contributed by atoms with Crippen molar-refractivity contribution in [2.45, 2.75) is 38.3 Å². The number of aryl methyl sites for hydroxylation is 1. The highest BCUT2D eigenvalue weighted by atomic mass is 16.2. The predicted octanol–water partition coefficient (Wildman–Crippen LogP) is 0.834. The summed E-state index contributed by atoms with van der Waals surface area (Å²) >= 11 is 0. The van der Waals surface area contributed by atoms with Gasteiger partial charge in [0.15, 0.2) is 5.96 Å². The average molecular weight is 395 g/mol. The van der Waals surface area contributed by atoms with Gasteiger partial charge in [-0.2, -0.15) is 5.10 Å². The van der Waals surface area contributed by atoms with Crippen LogP contribution < -0.4 is 10.6 Å². The molecule has 0 spiro atoms. The van der Waals surface area contributed by atoms with Gasteiger partial charge in [-0.1, -0.05) is 12.1 Å². The fourth-order valence-corrected chi connectivity index (χ4v) is 3.79. The molecule has 0 aliphatic carbocycles. The Morgan fingerprint density at radius 1 is 1.21 bits per heavy atom. The molecule has 4 rings (SSSR count). The Morgan fingerprint density at radius 2 is 1.97 bits per heavy atom. The van der Waals surface area contributed by atoms with Gasteiger partial charge in [-0.25, -0.2) is 9.67 Å². The van der Waals surface area contributed by atoms with Crippen LogP contribution in [0.2, 0.25) is 0 Å². The van der Waals surface area contributed by atoms with Gasteiger partial charge in [0.25, 0.3) is 11.8 Å². The second-order valence-electron chi connectivity index (χ2n) is 7.25. The topological polar surface area (TPSA) is 105 Å². The van der Waals surface area contributed by atoms with Gasteiger partial charge < -0.3 is 10.6 Å². The molecule has 0 saturated heterocycles. The summed E-state index contributed by atoms with van der Waals surface area (Å²) in [5, 5.41) is 11.0. The first kappa shape index (κ1) is 19.1. The number of fused-ring (bicyclic) bond motifs is 2. The zero-order valence-electron chi connectivity index (χ0n) is 16.5. The van der Waals surface area contributed by atoms with E-state index in [1.807, 2.05) is 4.68 Å². The molecule has 2 N–H and O–H groups in total.